The molecule has 0 saturated heterocycles. The van der Waals surface area contributed by atoms with Crippen LogP contribution in [0.3, 0.4) is 0 Å². The third-order valence-electron chi connectivity index (χ3n) is 3.04. The molecule has 0 atom stereocenters. The van der Waals surface area contributed by atoms with Crippen molar-refractivity contribution in [3.05, 3.63) is 63.6 Å². The van der Waals surface area contributed by atoms with Gasteiger partial charge in [-0.1, -0.05) is 54.4 Å². The summed E-state index contributed by atoms with van der Waals surface area (Å²) in [4.78, 5) is 11.7. The van der Waals surface area contributed by atoms with Gasteiger partial charge >= 0.3 is 0 Å². The molecule has 23 heavy (non-hydrogen) atoms. The quantitative estimate of drug-likeness (QED) is 0.630. The predicted molar refractivity (Wildman–Crippen MR) is 93.5 cm³/mol. The van der Waals surface area contributed by atoms with Crippen LogP contribution in [0.1, 0.15) is 18.1 Å². The Labute approximate surface area is 145 Å². The van der Waals surface area contributed by atoms with Crippen molar-refractivity contribution < 1.29 is 9.53 Å². The van der Waals surface area contributed by atoms with Crippen molar-refractivity contribution >= 4 is 35.3 Å². The fraction of sp³-hybridized carbons (Fsp3) is 0.176. The van der Waals surface area contributed by atoms with Gasteiger partial charge in [-0.2, -0.15) is 5.10 Å². The first-order chi connectivity index (χ1) is 11.1. The Kier molecular flexibility index (Phi) is 6.44. The number of halogens is 2. The van der Waals surface area contributed by atoms with Gasteiger partial charge in [0, 0.05) is 5.02 Å². The number of hydrogen-bond acceptors (Lipinski definition) is 3. The second-order valence-corrected chi connectivity index (χ2v) is 5.60. The molecule has 0 aliphatic heterocycles. The van der Waals surface area contributed by atoms with E-state index in [2.05, 4.69) is 17.5 Å². The monoisotopic (exact) mass is 350 g/mol. The summed E-state index contributed by atoms with van der Waals surface area (Å²) in [7, 11) is 0. The maximum atomic E-state index is 11.7. The molecule has 0 aromatic heterocycles. The summed E-state index contributed by atoms with van der Waals surface area (Å²) in [5.41, 5.74) is 4.55. The number of rotatable bonds is 6. The predicted octanol–water partition coefficient (Wildman–Crippen LogP) is 4.08. The molecular weight excluding hydrogens is 335 g/mol. The molecular formula is C17H16Cl2N2O2. The topological polar surface area (TPSA) is 50.7 Å². The largest absolute Gasteiger partial charge is 0.482 e. The minimum Gasteiger partial charge on any atom is -0.482 e. The molecule has 2 aromatic carbocycles. The minimum absolute atomic E-state index is 0.187. The van der Waals surface area contributed by atoms with Gasteiger partial charge in [-0.05, 0) is 35.7 Å². The second-order valence-electron chi connectivity index (χ2n) is 4.75. The number of hydrogen-bond donors (Lipinski definition) is 1. The van der Waals surface area contributed by atoms with Crippen molar-refractivity contribution in [1.29, 1.82) is 0 Å². The van der Waals surface area contributed by atoms with Crippen molar-refractivity contribution in [3.8, 4) is 5.75 Å². The molecule has 4 nitrogen and oxygen atoms in total. The Bertz CT molecular complexity index is 700. The number of benzene rings is 2. The van der Waals surface area contributed by atoms with Crippen LogP contribution in [0.5, 0.6) is 5.75 Å². The van der Waals surface area contributed by atoms with Crippen LogP contribution in [0.25, 0.3) is 0 Å². The molecule has 0 aliphatic rings. The molecule has 2 aromatic rings. The molecule has 1 amide bonds. The summed E-state index contributed by atoms with van der Waals surface area (Å²) in [6.07, 6.45) is 2.56. The van der Waals surface area contributed by atoms with Gasteiger partial charge in [0.25, 0.3) is 5.91 Å². The van der Waals surface area contributed by atoms with Crippen molar-refractivity contribution in [1.82, 2.24) is 5.43 Å². The van der Waals surface area contributed by atoms with E-state index in [0.717, 1.165) is 12.0 Å². The third kappa shape index (κ3) is 5.58. The summed E-state index contributed by atoms with van der Waals surface area (Å²) >= 11 is 11.7. The molecule has 2 rings (SSSR count). The maximum Gasteiger partial charge on any atom is 0.277 e. The van der Waals surface area contributed by atoms with Crippen LogP contribution >= 0.6 is 23.2 Å². The smallest absolute Gasteiger partial charge is 0.277 e. The van der Waals surface area contributed by atoms with Crippen molar-refractivity contribution in [2.45, 2.75) is 13.3 Å². The molecule has 1 N–H and O–H groups in total. The van der Waals surface area contributed by atoms with E-state index in [1.165, 1.54) is 5.56 Å². The van der Waals surface area contributed by atoms with E-state index in [1.54, 1.807) is 24.4 Å². The van der Waals surface area contributed by atoms with Crippen molar-refractivity contribution in [3.63, 3.8) is 0 Å². The van der Waals surface area contributed by atoms with E-state index in [9.17, 15) is 4.79 Å². The highest BCUT2D eigenvalue weighted by molar-refractivity contribution is 6.35. The van der Waals surface area contributed by atoms with E-state index < -0.39 is 0 Å². The maximum absolute atomic E-state index is 11.7. The molecule has 120 valence electrons. The summed E-state index contributed by atoms with van der Waals surface area (Å²) in [5, 5.41) is 4.74. The molecule has 0 radical (unpaired) electrons. The number of aryl methyl sites for hydroxylation is 1. The average Bonchev–Trinajstić information content (AvgIpc) is 2.54. The van der Waals surface area contributed by atoms with E-state index in [1.807, 2.05) is 24.3 Å². The van der Waals surface area contributed by atoms with Crippen LogP contribution < -0.4 is 10.2 Å². The normalized spacial score (nSPS) is 10.7. The molecule has 0 fully saturated rings. The zero-order chi connectivity index (χ0) is 16.7. The van der Waals surface area contributed by atoms with Gasteiger partial charge in [0.15, 0.2) is 6.61 Å². The Morgan fingerprint density at radius 3 is 2.61 bits per heavy atom. The van der Waals surface area contributed by atoms with Crippen LogP contribution in [0.2, 0.25) is 10.0 Å². The summed E-state index contributed by atoms with van der Waals surface area (Å²) < 4.78 is 5.31. The van der Waals surface area contributed by atoms with Crippen LogP contribution in [0.15, 0.2) is 47.6 Å². The number of ether oxygens (including phenoxy) is 1. The highest BCUT2D eigenvalue weighted by Gasteiger charge is 2.05. The number of nitrogens with one attached hydrogen (secondary N) is 1. The lowest BCUT2D eigenvalue weighted by molar-refractivity contribution is -0.123. The summed E-state index contributed by atoms with van der Waals surface area (Å²) in [6.45, 7) is 1.91. The molecule has 0 aliphatic carbocycles. The van der Waals surface area contributed by atoms with E-state index in [-0.39, 0.29) is 12.5 Å². The number of carbonyl (C=O) groups is 1. The van der Waals surface area contributed by atoms with Gasteiger partial charge in [0.05, 0.1) is 11.2 Å². The van der Waals surface area contributed by atoms with Gasteiger partial charge in [-0.3, -0.25) is 4.79 Å². The Hall–Kier alpha value is -2.04. The van der Waals surface area contributed by atoms with Crippen molar-refractivity contribution in [2.24, 2.45) is 5.10 Å². The van der Waals surface area contributed by atoms with Crippen LogP contribution in [0, 0.1) is 0 Å². The van der Waals surface area contributed by atoms with E-state index in [4.69, 9.17) is 27.9 Å². The molecule has 0 bridgehead atoms. The lowest BCUT2D eigenvalue weighted by atomic mass is 10.1. The Morgan fingerprint density at radius 2 is 1.96 bits per heavy atom. The summed E-state index contributed by atoms with van der Waals surface area (Å²) in [5.74, 6) is 0.0165. The van der Waals surface area contributed by atoms with Crippen molar-refractivity contribution in [2.75, 3.05) is 6.61 Å². The fourth-order valence-corrected chi connectivity index (χ4v) is 2.25. The lowest BCUT2D eigenvalue weighted by Crippen LogP contribution is -2.24. The van der Waals surface area contributed by atoms with Gasteiger partial charge in [-0.25, -0.2) is 5.43 Å². The first kappa shape index (κ1) is 17.3. The van der Waals surface area contributed by atoms with Gasteiger partial charge in [0.2, 0.25) is 0 Å². The Balaban J connectivity index is 1.81. The highest BCUT2D eigenvalue weighted by atomic mass is 35.5. The Morgan fingerprint density at radius 1 is 1.22 bits per heavy atom. The number of carbonyl (C=O) groups excluding carboxylic acids is 1. The molecule has 0 unspecified atom stereocenters. The second kappa shape index (κ2) is 8.56. The lowest BCUT2D eigenvalue weighted by Gasteiger charge is -2.07. The van der Waals surface area contributed by atoms with Gasteiger partial charge in [-0.15, -0.1) is 0 Å². The summed E-state index contributed by atoms with van der Waals surface area (Å²) in [6, 6.07) is 12.7. The first-order valence-corrected chi connectivity index (χ1v) is 7.82. The highest BCUT2D eigenvalue weighted by Crippen LogP contribution is 2.27. The third-order valence-corrected chi connectivity index (χ3v) is 3.57. The molecule has 0 spiro atoms. The SMILES string of the molecule is CCc1ccc(/C=N\NC(=O)COc2ccc(Cl)cc2Cl)cc1. The van der Waals surface area contributed by atoms with Crippen LogP contribution in [-0.4, -0.2) is 18.7 Å². The molecule has 6 heteroatoms. The van der Waals surface area contributed by atoms with Gasteiger partial charge < -0.3 is 4.74 Å². The number of amides is 1. The number of nitrogens with zero attached hydrogens (tertiary/aromatic N) is 1. The minimum atomic E-state index is -0.377. The zero-order valence-electron chi connectivity index (χ0n) is 12.6. The van der Waals surface area contributed by atoms with Crippen LogP contribution in [0.4, 0.5) is 0 Å². The first-order valence-electron chi connectivity index (χ1n) is 7.07. The fourth-order valence-electron chi connectivity index (χ4n) is 1.79. The number of hydrazone groups is 1. The van der Waals surface area contributed by atoms with E-state index in [0.29, 0.717) is 15.8 Å². The van der Waals surface area contributed by atoms with Crippen LogP contribution in [-0.2, 0) is 11.2 Å². The standard InChI is InChI=1S/C17H16Cl2N2O2/c1-2-12-3-5-13(6-4-12)10-20-21-17(22)11-23-16-8-7-14(18)9-15(16)19/h3-10H,2,11H2,1H3,(H,21,22)/b20-10-. The molecule has 0 heterocycles. The van der Waals surface area contributed by atoms with Gasteiger partial charge in [0.1, 0.15) is 5.75 Å². The average molecular weight is 351 g/mol. The van der Waals surface area contributed by atoms with E-state index >= 15 is 0 Å². The molecule has 0 saturated carbocycles. The zero-order valence-corrected chi connectivity index (χ0v) is 14.1.